The average Bonchev–Trinajstić information content (AvgIpc) is 3.31. The first kappa shape index (κ1) is 27.3. The van der Waals surface area contributed by atoms with Crippen LogP contribution >= 0.6 is 11.3 Å². The third-order valence-electron chi connectivity index (χ3n) is 5.17. The number of hydrogen-bond acceptors (Lipinski definition) is 8. The number of carbonyl (C=O) groups excluding carboxylic acids is 2. The molecular formula is C24H29N5O5S2. The van der Waals surface area contributed by atoms with E-state index in [0.717, 1.165) is 23.2 Å². The quantitative estimate of drug-likeness (QED) is 0.262. The fourth-order valence-electron chi connectivity index (χ4n) is 3.38. The minimum Gasteiger partial charge on any atom is -0.390 e. The number of nitrogens with one attached hydrogen (secondary N) is 3. The molecule has 0 saturated carbocycles. The van der Waals surface area contributed by atoms with Crippen LogP contribution < -0.4 is 15.5 Å². The van der Waals surface area contributed by atoms with E-state index in [1.54, 1.807) is 29.3 Å². The second-order valence-corrected chi connectivity index (χ2v) is 10.7. The van der Waals surface area contributed by atoms with E-state index >= 15 is 0 Å². The molecule has 0 aliphatic rings. The Morgan fingerprint density at radius 1 is 1.06 bits per heavy atom. The molecule has 1 aromatic heterocycles. The molecule has 0 radical (unpaired) electrons. The minimum absolute atomic E-state index is 0.0288. The van der Waals surface area contributed by atoms with Crippen LogP contribution in [0, 0.1) is 0 Å². The molecule has 0 fully saturated rings. The molecule has 2 atom stereocenters. The largest absolute Gasteiger partial charge is 0.390 e. The lowest BCUT2D eigenvalue weighted by Crippen LogP contribution is -2.53. The van der Waals surface area contributed by atoms with Gasteiger partial charge in [-0.05, 0) is 24.1 Å². The van der Waals surface area contributed by atoms with Crippen molar-refractivity contribution in [1.29, 1.82) is 0 Å². The maximum Gasteiger partial charge on any atom is 0.271 e. The summed E-state index contributed by atoms with van der Waals surface area (Å²) in [5, 5.41) is 17.0. The van der Waals surface area contributed by atoms with Gasteiger partial charge in [-0.3, -0.25) is 19.7 Å². The molecule has 4 N–H and O–H groups in total. The standard InChI is InChI=1S/C24H29N5O5S2/c1-3-29(27-22(31)18-12-8-5-9-13-18)15-21(30)19(14-17-10-6-4-7-11-17)25-23(32)20-16-35-24(26-20)28-36(2,33)34/h4-13,16,19,21,30H,3,14-15H2,1-2H3,(H,25,32)(H,26,28)(H,27,31)/t19-,21+/m0/s1. The fraction of sp³-hybridized carbons (Fsp3) is 0.292. The summed E-state index contributed by atoms with van der Waals surface area (Å²) in [6.45, 7) is 2.33. The molecule has 0 aliphatic carbocycles. The van der Waals surface area contributed by atoms with E-state index in [9.17, 15) is 23.1 Å². The van der Waals surface area contributed by atoms with Gasteiger partial charge in [0.05, 0.1) is 18.4 Å². The normalized spacial score (nSPS) is 13.1. The number of aliphatic hydroxyl groups is 1. The first-order valence-electron chi connectivity index (χ1n) is 11.2. The number of aromatic nitrogens is 1. The molecule has 2 aromatic carbocycles. The summed E-state index contributed by atoms with van der Waals surface area (Å²) in [6, 6.07) is 17.4. The molecule has 36 heavy (non-hydrogen) atoms. The van der Waals surface area contributed by atoms with Crippen molar-refractivity contribution in [3.8, 4) is 0 Å². The Hall–Kier alpha value is -3.32. The van der Waals surface area contributed by atoms with Crippen LogP contribution in [0.25, 0.3) is 0 Å². The summed E-state index contributed by atoms with van der Waals surface area (Å²) in [4.78, 5) is 29.5. The Morgan fingerprint density at radius 2 is 1.69 bits per heavy atom. The topological polar surface area (TPSA) is 141 Å². The van der Waals surface area contributed by atoms with Gasteiger partial charge in [0.1, 0.15) is 5.69 Å². The molecule has 0 bridgehead atoms. The van der Waals surface area contributed by atoms with Gasteiger partial charge in [0.25, 0.3) is 11.8 Å². The molecule has 192 valence electrons. The van der Waals surface area contributed by atoms with Crippen LogP contribution in [0.3, 0.4) is 0 Å². The Balaban J connectivity index is 1.72. The van der Waals surface area contributed by atoms with E-state index in [1.807, 2.05) is 43.3 Å². The smallest absolute Gasteiger partial charge is 0.271 e. The number of hydrazine groups is 1. The second kappa shape index (κ2) is 12.6. The molecule has 0 unspecified atom stereocenters. The van der Waals surface area contributed by atoms with Crippen molar-refractivity contribution in [3.63, 3.8) is 0 Å². The van der Waals surface area contributed by atoms with E-state index in [1.165, 1.54) is 5.38 Å². The number of carbonyl (C=O) groups is 2. The molecular weight excluding hydrogens is 502 g/mol. The van der Waals surface area contributed by atoms with E-state index in [4.69, 9.17) is 0 Å². The zero-order valence-electron chi connectivity index (χ0n) is 19.9. The number of sulfonamides is 1. The van der Waals surface area contributed by atoms with Crippen molar-refractivity contribution in [2.24, 2.45) is 0 Å². The Labute approximate surface area is 214 Å². The highest BCUT2D eigenvalue weighted by atomic mass is 32.2. The van der Waals surface area contributed by atoms with Gasteiger partial charge in [0.15, 0.2) is 5.13 Å². The first-order valence-corrected chi connectivity index (χ1v) is 14.0. The summed E-state index contributed by atoms with van der Waals surface area (Å²) in [6.07, 6.45) is 0.282. The van der Waals surface area contributed by atoms with Gasteiger partial charge in [-0.2, -0.15) is 0 Å². The average molecular weight is 532 g/mol. The molecule has 0 saturated heterocycles. The molecule has 2 amide bonds. The van der Waals surface area contributed by atoms with Gasteiger partial charge in [-0.15, -0.1) is 11.3 Å². The Bertz CT molecular complexity index is 1250. The van der Waals surface area contributed by atoms with E-state index in [2.05, 4.69) is 20.4 Å². The predicted molar refractivity (Wildman–Crippen MR) is 139 cm³/mol. The number of nitrogens with zero attached hydrogens (tertiary/aromatic N) is 2. The molecule has 0 aliphatic heterocycles. The number of rotatable bonds is 12. The summed E-state index contributed by atoms with van der Waals surface area (Å²) in [7, 11) is -3.53. The zero-order chi connectivity index (χ0) is 26.1. The molecule has 0 spiro atoms. The van der Waals surface area contributed by atoms with Crippen molar-refractivity contribution in [2.75, 3.05) is 24.1 Å². The number of anilines is 1. The number of amides is 2. The molecule has 12 heteroatoms. The number of aliphatic hydroxyl groups excluding tert-OH is 1. The van der Waals surface area contributed by atoms with Crippen LogP contribution in [-0.2, 0) is 16.4 Å². The van der Waals surface area contributed by atoms with Gasteiger partial charge in [0, 0.05) is 24.0 Å². The fourth-order valence-corrected chi connectivity index (χ4v) is 4.93. The third kappa shape index (κ3) is 8.41. The van der Waals surface area contributed by atoms with Crippen LogP contribution in [-0.4, -0.2) is 66.8 Å². The first-order chi connectivity index (χ1) is 17.1. The van der Waals surface area contributed by atoms with E-state index < -0.39 is 28.1 Å². The van der Waals surface area contributed by atoms with Crippen molar-refractivity contribution in [2.45, 2.75) is 25.5 Å². The highest BCUT2D eigenvalue weighted by molar-refractivity contribution is 7.92. The number of benzene rings is 2. The van der Waals surface area contributed by atoms with Crippen LogP contribution in [0.4, 0.5) is 5.13 Å². The van der Waals surface area contributed by atoms with Crippen LogP contribution in [0.2, 0.25) is 0 Å². The van der Waals surface area contributed by atoms with E-state index in [-0.39, 0.29) is 23.3 Å². The number of hydrogen-bond donors (Lipinski definition) is 4. The molecule has 3 rings (SSSR count). The van der Waals surface area contributed by atoms with Gasteiger partial charge in [0.2, 0.25) is 10.0 Å². The number of likely N-dealkylation sites (N-methyl/N-ethyl adjacent to an activating group) is 1. The highest BCUT2D eigenvalue weighted by Crippen LogP contribution is 2.17. The lowest BCUT2D eigenvalue weighted by molar-refractivity contribution is 0.0470. The van der Waals surface area contributed by atoms with Crippen molar-refractivity contribution < 1.29 is 23.1 Å². The van der Waals surface area contributed by atoms with Crippen molar-refractivity contribution in [1.82, 2.24) is 20.7 Å². The second-order valence-electron chi connectivity index (χ2n) is 8.09. The molecule has 10 nitrogen and oxygen atoms in total. The molecule has 1 heterocycles. The van der Waals surface area contributed by atoms with Crippen LogP contribution in [0.5, 0.6) is 0 Å². The van der Waals surface area contributed by atoms with Crippen molar-refractivity contribution in [3.05, 3.63) is 82.9 Å². The van der Waals surface area contributed by atoms with E-state index in [0.29, 0.717) is 18.5 Å². The Morgan fingerprint density at radius 3 is 2.31 bits per heavy atom. The third-order valence-corrected chi connectivity index (χ3v) is 6.62. The number of thiazole rings is 1. The van der Waals surface area contributed by atoms with Crippen molar-refractivity contribution >= 4 is 38.3 Å². The summed E-state index contributed by atoms with van der Waals surface area (Å²) in [5.74, 6) is -0.856. The maximum atomic E-state index is 12.9. The zero-order valence-corrected chi connectivity index (χ0v) is 21.6. The van der Waals surface area contributed by atoms with Gasteiger partial charge in [-0.25, -0.2) is 18.4 Å². The van der Waals surface area contributed by atoms with Gasteiger partial charge < -0.3 is 10.4 Å². The monoisotopic (exact) mass is 531 g/mol. The Kier molecular flexibility index (Phi) is 9.53. The van der Waals surface area contributed by atoms with Crippen LogP contribution in [0.15, 0.2) is 66.0 Å². The molecule has 3 aromatic rings. The maximum absolute atomic E-state index is 12.9. The summed E-state index contributed by atoms with van der Waals surface area (Å²) < 4.78 is 25.1. The van der Waals surface area contributed by atoms with Crippen LogP contribution in [0.1, 0.15) is 33.3 Å². The van der Waals surface area contributed by atoms with Gasteiger partial charge in [-0.1, -0.05) is 55.5 Å². The lowest BCUT2D eigenvalue weighted by atomic mass is 10.0. The lowest BCUT2D eigenvalue weighted by Gasteiger charge is -2.29. The predicted octanol–water partition coefficient (Wildman–Crippen LogP) is 1.88. The van der Waals surface area contributed by atoms with Gasteiger partial charge >= 0.3 is 0 Å². The summed E-state index contributed by atoms with van der Waals surface area (Å²) in [5.41, 5.74) is 4.20. The summed E-state index contributed by atoms with van der Waals surface area (Å²) >= 11 is 0.983. The minimum atomic E-state index is -3.53. The highest BCUT2D eigenvalue weighted by Gasteiger charge is 2.26. The SMILES string of the molecule is CCN(C[C@@H](O)[C@H](Cc1ccccc1)NC(=O)c1csc(NS(C)(=O)=O)n1)NC(=O)c1ccccc1.